The molecule has 0 atom stereocenters. The molecule has 186 valence electrons. The van der Waals surface area contributed by atoms with Crippen LogP contribution in [0, 0.1) is 0 Å². The average molecular weight is 495 g/mol. The van der Waals surface area contributed by atoms with Gasteiger partial charge in [-0.2, -0.15) is 0 Å². The second kappa shape index (κ2) is 6.82. The minimum absolute atomic E-state index is 0.0654. The molecule has 0 aliphatic carbocycles. The molecule has 0 spiro atoms. The van der Waals surface area contributed by atoms with Crippen molar-refractivity contribution in [1.29, 1.82) is 0 Å². The summed E-state index contributed by atoms with van der Waals surface area (Å²) < 4.78 is 4.72. The summed E-state index contributed by atoms with van der Waals surface area (Å²) in [6, 6.07) is 13.7. The van der Waals surface area contributed by atoms with Gasteiger partial charge in [0.25, 0.3) is 0 Å². The lowest BCUT2D eigenvalue weighted by Gasteiger charge is -2.17. The molecule has 8 rings (SSSR count). The first kappa shape index (κ1) is 21.9. The van der Waals surface area contributed by atoms with Crippen molar-refractivity contribution >= 4 is 54.4 Å². The molecule has 8 aromatic rings. The molecule has 38 heavy (non-hydrogen) atoms. The fraction of sp³-hybridized carbons (Fsp3) is 0.235. The Balaban J connectivity index is 1.35. The lowest BCUT2D eigenvalue weighted by molar-refractivity contribution is 0.595. The SMILES string of the molecule is CC(C)(C)c1cn2c3ccc(-c4ccc5c(c4)c4cncc6c(C(C)(C)C)cn5c64)cc3c3cncc1c32. The van der Waals surface area contributed by atoms with E-state index in [0.717, 1.165) is 0 Å². The van der Waals surface area contributed by atoms with E-state index in [1.54, 1.807) is 0 Å². The van der Waals surface area contributed by atoms with Crippen molar-refractivity contribution in [2.45, 2.75) is 52.4 Å². The number of hydrogen-bond acceptors (Lipinski definition) is 2. The zero-order valence-corrected chi connectivity index (χ0v) is 22.7. The number of fused-ring (bicyclic) bond motifs is 6. The van der Waals surface area contributed by atoms with E-state index < -0.39 is 0 Å². The smallest absolute Gasteiger partial charge is 0.0641 e. The van der Waals surface area contributed by atoms with E-state index in [4.69, 9.17) is 0 Å². The van der Waals surface area contributed by atoms with Gasteiger partial charge < -0.3 is 8.80 Å². The van der Waals surface area contributed by atoms with E-state index in [9.17, 15) is 0 Å². The highest BCUT2D eigenvalue weighted by atomic mass is 14.9. The summed E-state index contributed by atoms with van der Waals surface area (Å²) in [5, 5.41) is 7.44. The van der Waals surface area contributed by atoms with Crippen LogP contribution in [0.25, 0.3) is 65.5 Å². The Morgan fingerprint density at radius 3 is 1.29 bits per heavy atom. The minimum Gasteiger partial charge on any atom is -0.315 e. The Bertz CT molecular complexity index is 2040. The number of aromatic nitrogens is 4. The molecule has 0 aliphatic rings. The lowest BCUT2D eigenvalue weighted by Crippen LogP contribution is -2.10. The molecule has 0 bridgehead atoms. The molecule has 0 saturated heterocycles. The molecule has 0 aliphatic heterocycles. The zero-order valence-electron chi connectivity index (χ0n) is 22.7. The predicted octanol–water partition coefficient (Wildman–Crippen LogP) is 8.73. The van der Waals surface area contributed by atoms with Crippen molar-refractivity contribution in [3.8, 4) is 11.1 Å². The van der Waals surface area contributed by atoms with Crippen LogP contribution in [-0.2, 0) is 10.8 Å². The van der Waals surface area contributed by atoms with E-state index in [2.05, 4.69) is 109 Å². The molecular formula is C34H30N4. The van der Waals surface area contributed by atoms with Gasteiger partial charge in [-0.1, -0.05) is 53.7 Å². The van der Waals surface area contributed by atoms with Gasteiger partial charge in [-0.25, -0.2) is 0 Å². The second-order valence-electron chi connectivity index (χ2n) is 13.0. The van der Waals surface area contributed by atoms with Gasteiger partial charge in [0, 0.05) is 69.5 Å². The molecule has 0 fully saturated rings. The minimum atomic E-state index is 0.0654. The van der Waals surface area contributed by atoms with Gasteiger partial charge in [0.1, 0.15) is 0 Å². The first-order valence-corrected chi connectivity index (χ1v) is 13.4. The molecule has 0 unspecified atom stereocenters. The van der Waals surface area contributed by atoms with Crippen LogP contribution in [-0.4, -0.2) is 18.8 Å². The molecule has 0 N–H and O–H groups in total. The van der Waals surface area contributed by atoms with E-state index in [1.807, 2.05) is 24.8 Å². The van der Waals surface area contributed by atoms with Crippen molar-refractivity contribution in [3.05, 3.63) is 84.7 Å². The molecule has 2 aromatic carbocycles. The molecule has 6 heterocycles. The van der Waals surface area contributed by atoms with Crippen molar-refractivity contribution in [3.63, 3.8) is 0 Å². The van der Waals surface area contributed by atoms with Crippen LogP contribution in [0.2, 0.25) is 0 Å². The summed E-state index contributed by atoms with van der Waals surface area (Å²) in [6.45, 7) is 13.6. The monoisotopic (exact) mass is 494 g/mol. The third-order valence-electron chi connectivity index (χ3n) is 8.46. The van der Waals surface area contributed by atoms with Crippen LogP contribution in [0.3, 0.4) is 0 Å². The van der Waals surface area contributed by atoms with Gasteiger partial charge in [-0.3, -0.25) is 9.97 Å². The van der Waals surface area contributed by atoms with Crippen molar-refractivity contribution < 1.29 is 0 Å². The summed E-state index contributed by atoms with van der Waals surface area (Å²) in [5.74, 6) is 0. The fourth-order valence-corrected chi connectivity index (χ4v) is 6.60. The summed E-state index contributed by atoms with van der Waals surface area (Å²) in [5.41, 5.74) is 10.3. The van der Waals surface area contributed by atoms with Crippen molar-refractivity contribution in [2.75, 3.05) is 0 Å². The average Bonchev–Trinajstić information content (AvgIpc) is 3.62. The second-order valence-corrected chi connectivity index (χ2v) is 13.0. The van der Waals surface area contributed by atoms with Crippen molar-refractivity contribution in [1.82, 2.24) is 18.8 Å². The van der Waals surface area contributed by atoms with Crippen LogP contribution in [0.4, 0.5) is 0 Å². The standard InChI is InChI=1S/C34H30N4/c1-33(2,3)27-17-37-29-9-7-19(11-21(29)23-13-35-15-25(27)31(23)37)20-8-10-30-22(12-20)24-14-36-16-26-28(34(4,5)6)18-38(30)32(24)26/h7-18H,1-6H3. The summed E-state index contributed by atoms with van der Waals surface area (Å²) in [7, 11) is 0. The molecular weight excluding hydrogens is 464 g/mol. The lowest BCUT2D eigenvalue weighted by atomic mass is 9.87. The van der Waals surface area contributed by atoms with Crippen LogP contribution < -0.4 is 0 Å². The number of pyridine rings is 2. The van der Waals surface area contributed by atoms with Crippen LogP contribution in [0.15, 0.2) is 73.6 Å². The van der Waals surface area contributed by atoms with E-state index in [-0.39, 0.29) is 10.8 Å². The Kier molecular flexibility index (Phi) is 3.92. The molecule has 0 saturated carbocycles. The zero-order chi connectivity index (χ0) is 26.1. The highest BCUT2D eigenvalue weighted by Crippen LogP contribution is 2.42. The molecule has 0 amide bonds. The molecule has 6 aromatic heterocycles. The quantitative estimate of drug-likeness (QED) is 0.229. The third-order valence-corrected chi connectivity index (χ3v) is 8.46. The molecule has 0 radical (unpaired) electrons. The highest BCUT2D eigenvalue weighted by Gasteiger charge is 2.25. The highest BCUT2D eigenvalue weighted by molar-refractivity contribution is 6.17. The maximum absolute atomic E-state index is 4.65. The Morgan fingerprint density at radius 1 is 0.500 bits per heavy atom. The third kappa shape index (κ3) is 2.70. The van der Waals surface area contributed by atoms with Gasteiger partial charge in [0.2, 0.25) is 0 Å². The van der Waals surface area contributed by atoms with E-state index >= 15 is 0 Å². The fourth-order valence-electron chi connectivity index (χ4n) is 6.60. The summed E-state index contributed by atoms with van der Waals surface area (Å²) in [6.07, 6.45) is 12.7. The van der Waals surface area contributed by atoms with Gasteiger partial charge >= 0.3 is 0 Å². The van der Waals surface area contributed by atoms with Gasteiger partial charge in [0.05, 0.1) is 22.1 Å². The molecule has 4 nitrogen and oxygen atoms in total. The predicted molar refractivity (Wildman–Crippen MR) is 159 cm³/mol. The maximum atomic E-state index is 4.65. The first-order chi connectivity index (χ1) is 18.1. The van der Waals surface area contributed by atoms with E-state index in [0.29, 0.717) is 0 Å². The van der Waals surface area contributed by atoms with Crippen LogP contribution in [0.5, 0.6) is 0 Å². The topological polar surface area (TPSA) is 34.6 Å². The molecule has 4 heteroatoms. The normalized spacial score (nSPS) is 13.5. The van der Waals surface area contributed by atoms with Gasteiger partial charge in [0.15, 0.2) is 0 Å². The van der Waals surface area contributed by atoms with E-state index in [1.165, 1.54) is 76.6 Å². The Morgan fingerprint density at radius 2 is 0.895 bits per heavy atom. The largest absolute Gasteiger partial charge is 0.315 e. The number of hydrogen-bond donors (Lipinski definition) is 0. The maximum Gasteiger partial charge on any atom is 0.0641 e. The number of benzene rings is 2. The summed E-state index contributed by atoms with van der Waals surface area (Å²) >= 11 is 0. The Labute approximate surface area is 221 Å². The number of rotatable bonds is 1. The van der Waals surface area contributed by atoms with Gasteiger partial charge in [-0.05, 0) is 57.3 Å². The van der Waals surface area contributed by atoms with Crippen LogP contribution in [0.1, 0.15) is 52.7 Å². The Hall–Kier alpha value is -4.18. The first-order valence-electron chi connectivity index (χ1n) is 13.4. The van der Waals surface area contributed by atoms with Crippen molar-refractivity contribution in [2.24, 2.45) is 0 Å². The van der Waals surface area contributed by atoms with Crippen LogP contribution >= 0.6 is 0 Å². The number of nitrogens with zero attached hydrogens (tertiary/aromatic N) is 4. The summed E-state index contributed by atoms with van der Waals surface area (Å²) in [4.78, 5) is 9.30. The van der Waals surface area contributed by atoms with Gasteiger partial charge in [-0.15, -0.1) is 0 Å².